The molecule has 1 aromatic heterocycles. The number of thioether (sulfide) groups is 1. The zero-order valence-corrected chi connectivity index (χ0v) is 18.9. The molecule has 8 heteroatoms. The average Bonchev–Trinajstić information content (AvgIpc) is 3.21. The number of amides is 1. The second-order valence-corrected chi connectivity index (χ2v) is 8.84. The number of aromatic nitrogens is 3. The number of hydrogen-bond acceptors (Lipinski definition) is 6. The second-order valence-electron chi connectivity index (χ2n) is 7.90. The first-order chi connectivity index (χ1) is 14.8. The molecule has 31 heavy (non-hydrogen) atoms. The van der Waals surface area contributed by atoms with Crippen molar-refractivity contribution in [2.24, 2.45) is 0 Å². The normalized spacial score (nSPS) is 11.2. The molecule has 7 nitrogen and oxygen atoms in total. The number of carbonyl (C=O) groups excluding carboxylic acids is 2. The molecule has 0 radical (unpaired) electrons. The summed E-state index contributed by atoms with van der Waals surface area (Å²) in [7, 11) is 0. The number of nitrogens with one attached hydrogen (secondary N) is 2. The molecule has 0 aliphatic rings. The number of esters is 1. The van der Waals surface area contributed by atoms with Crippen LogP contribution in [0.5, 0.6) is 0 Å². The van der Waals surface area contributed by atoms with Gasteiger partial charge in [0, 0.05) is 5.56 Å². The monoisotopic (exact) mass is 438 g/mol. The van der Waals surface area contributed by atoms with Crippen molar-refractivity contribution in [3.05, 3.63) is 59.7 Å². The van der Waals surface area contributed by atoms with Crippen LogP contribution in [0.1, 0.15) is 43.6 Å². The summed E-state index contributed by atoms with van der Waals surface area (Å²) in [5.74, 6) is 0.0259. The minimum atomic E-state index is -0.470. The van der Waals surface area contributed by atoms with Gasteiger partial charge < -0.3 is 10.1 Å². The maximum atomic E-state index is 12.4. The van der Waals surface area contributed by atoms with Gasteiger partial charge in [-0.1, -0.05) is 68.9 Å². The van der Waals surface area contributed by atoms with E-state index in [2.05, 4.69) is 53.4 Å². The molecule has 1 heterocycles. The number of anilines is 1. The van der Waals surface area contributed by atoms with Crippen LogP contribution in [0.15, 0.2) is 53.7 Å². The predicted molar refractivity (Wildman–Crippen MR) is 122 cm³/mol. The number of aromatic amines is 1. The maximum absolute atomic E-state index is 12.4. The molecule has 0 saturated carbocycles. The Labute approximate surface area is 186 Å². The Balaban J connectivity index is 1.60. The highest BCUT2D eigenvalue weighted by Crippen LogP contribution is 2.25. The fourth-order valence-electron chi connectivity index (χ4n) is 2.86. The van der Waals surface area contributed by atoms with Gasteiger partial charge in [-0.15, -0.1) is 5.10 Å². The van der Waals surface area contributed by atoms with Gasteiger partial charge in [0.2, 0.25) is 11.1 Å². The Morgan fingerprint density at radius 2 is 1.81 bits per heavy atom. The Kier molecular flexibility index (Phi) is 7.12. The van der Waals surface area contributed by atoms with E-state index in [0.717, 1.165) is 5.56 Å². The predicted octanol–water partition coefficient (Wildman–Crippen LogP) is 4.68. The van der Waals surface area contributed by atoms with E-state index in [1.165, 1.54) is 17.3 Å². The molecule has 162 valence electrons. The van der Waals surface area contributed by atoms with Crippen LogP contribution < -0.4 is 5.32 Å². The third kappa shape index (κ3) is 5.95. The number of benzene rings is 2. The second kappa shape index (κ2) is 9.78. The van der Waals surface area contributed by atoms with E-state index < -0.39 is 5.97 Å². The lowest BCUT2D eigenvalue weighted by Gasteiger charge is -2.18. The van der Waals surface area contributed by atoms with Crippen molar-refractivity contribution in [3.63, 3.8) is 0 Å². The molecule has 0 unspecified atom stereocenters. The molecule has 0 bridgehead atoms. The Bertz CT molecular complexity index is 1060. The van der Waals surface area contributed by atoms with Crippen molar-refractivity contribution >= 4 is 29.3 Å². The van der Waals surface area contributed by atoms with Crippen molar-refractivity contribution < 1.29 is 14.3 Å². The topological polar surface area (TPSA) is 97.0 Å². The highest BCUT2D eigenvalue weighted by Gasteiger charge is 2.16. The third-order valence-electron chi connectivity index (χ3n) is 4.52. The summed E-state index contributed by atoms with van der Waals surface area (Å²) in [4.78, 5) is 28.9. The van der Waals surface area contributed by atoms with Gasteiger partial charge in [-0.25, -0.2) is 9.78 Å². The maximum Gasteiger partial charge on any atom is 0.340 e. The minimum Gasteiger partial charge on any atom is -0.462 e. The van der Waals surface area contributed by atoms with Gasteiger partial charge in [0.1, 0.15) is 0 Å². The molecule has 0 saturated heterocycles. The molecule has 0 fully saturated rings. The SMILES string of the molecule is CCOC(=O)c1ccccc1NC(=O)CSc1n[nH]c(-c2ccc(C(C)(C)C)cc2)n1. The molecule has 3 rings (SSSR count). The number of carbonyl (C=O) groups is 2. The van der Waals surface area contributed by atoms with E-state index in [1.807, 2.05) is 12.1 Å². The fraction of sp³-hybridized carbons (Fsp3) is 0.304. The molecule has 2 N–H and O–H groups in total. The molecule has 0 spiro atoms. The number of rotatable bonds is 7. The van der Waals surface area contributed by atoms with Gasteiger partial charge >= 0.3 is 5.97 Å². The van der Waals surface area contributed by atoms with Crippen LogP contribution in [-0.4, -0.2) is 39.4 Å². The lowest BCUT2D eigenvalue weighted by molar-refractivity contribution is -0.113. The van der Waals surface area contributed by atoms with E-state index >= 15 is 0 Å². The molecule has 2 aromatic carbocycles. The lowest BCUT2D eigenvalue weighted by atomic mass is 9.87. The molecular weight excluding hydrogens is 412 g/mol. The van der Waals surface area contributed by atoms with Crippen LogP contribution in [0.4, 0.5) is 5.69 Å². The standard InChI is InChI=1S/C23H26N4O3S/c1-5-30-21(29)17-8-6-7-9-18(17)24-19(28)14-31-22-25-20(26-27-22)15-10-12-16(13-11-15)23(2,3)4/h6-13H,5,14H2,1-4H3,(H,24,28)(H,25,26,27). The van der Waals surface area contributed by atoms with Gasteiger partial charge in [-0.2, -0.15) is 0 Å². The summed E-state index contributed by atoms with van der Waals surface area (Å²) >= 11 is 1.21. The van der Waals surface area contributed by atoms with E-state index in [9.17, 15) is 9.59 Å². The summed E-state index contributed by atoms with van der Waals surface area (Å²) in [6, 6.07) is 14.9. The highest BCUT2D eigenvalue weighted by atomic mass is 32.2. The Morgan fingerprint density at radius 3 is 2.48 bits per heavy atom. The van der Waals surface area contributed by atoms with Crippen molar-refractivity contribution in [1.82, 2.24) is 15.2 Å². The number of para-hydroxylation sites is 1. The first-order valence-electron chi connectivity index (χ1n) is 10.00. The first-order valence-corrected chi connectivity index (χ1v) is 11.0. The molecule has 0 aliphatic heterocycles. The Morgan fingerprint density at radius 1 is 1.10 bits per heavy atom. The quantitative estimate of drug-likeness (QED) is 0.411. The van der Waals surface area contributed by atoms with Crippen LogP contribution in [0.25, 0.3) is 11.4 Å². The molecular formula is C23H26N4O3S. The number of nitrogens with zero attached hydrogens (tertiary/aromatic N) is 2. The smallest absolute Gasteiger partial charge is 0.340 e. The van der Waals surface area contributed by atoms with Gasteiger partial charge in [0.15, 0.2) is 5.82 Å². The number of hydrogen-bond donors (Lipinski definition) is 2. The lowest BCUT2D eigenvalue weighted by Crippen LogP contribution is -2.17. The minimum absolute atomic E-state index is 0.0835. The fourth-order valence-corrected chi connectivity index (χ4v) is 3.46. The molecule has 3 aromatic rings. The van der Waals surface area contributed by atoms with Crippen LogP contribution in [0.2, 0.25) is 0 Å². The molecule has 0 atom stereocenters. The van der Waals surface area contributed by atoms with Gasteiger partial charge in [-0.3, -0.25) is 9.89 Å². The number of H-pyrrole nitrogens is 1. The third-order valence-corrected chi connectivity index (χ3v) is 5.37. The zero-order valence-electron chi connectivity index (χ0n) is 18.1. The van der Waals surface area contributed by atoms with Crippen LogP contribution in [0, 0.1) is 0 Å². The average molecular weight is 439 g/mol. The summed E-state index contributed by atoms with van der Waals surface area (Å²) < 4.78 is 5.03. The van der Waals surface area contributed by atoms with Crippen molar-refractivity contribution in [3.8, 4) is 11.4 Å². The molecule has 0 aliphatic carbocycles. The van der Waals surface area contributed by atoms with Gasteiger partial charge in [-0.05, 0) is 30.0 Å². The van der Waals surface area contributed by atoms with Crippen molar-refractivity contribution in [2.75, 3.05) is 17.7 Å². The van der Waals surface area contributed by atoms with Crippen LogP contribution >= 0.6 is 11.8 Å². The summed E-state index contributed by atoms with van der Waals surface area (Å²) in [5, 5.41) is 10.3. The van der Waals surface area contributed by atoms with E-state index in [-0.39, 0.29) is 23.7 Å². The summed E-state index contributed by atoms with van der Waals surface area (Å²) in [6.45, 7) is 8.51. The van der Waals surface area contributed by atoms with Crippen LogP contribution in [-0.2, 0) is 14.9 Å². The van der Waals surface area contributed by atoms with E-state index in [4.69, 9.17) is 4.74 Å². The largest absolute Gasteiger partial charge is 0.462 e. The van der Waals surface area contributed by atoms with E-state index in [0.29, 0.717) is 22.2 Å². The summed E-state index contributed by atoms with van der Waals surface area (Å²) in [6.07, 6.45) is 0. The van der Waals surface area contributed by atoms with E-state index in [1.54, 1.807) is 31.2 Å². The van der Waals surface area contributed by atoms with Crippen LogP contribution in [0.3, 0.4) is 0 Å². The Hall–Kier alpha value is -3.13. The van der Waals surface area contributed by atoms with Gasteiger partial charge in [0.25, 0.3) is 0 Å². The first kappa shape index (κ1) is 22.6. The van der Waals surface area contributed by atoms with Crippen molar-refractivity contribution in [2.45, 2.75) is 38.3 Å². The number of ether oxygens (including phenoxy) is 1. The van der Waals surface area contributed by atoms with Crippen molar-refractivity contribution in [1.29, 1.82) is 0 Å². The van der Waals surface area contributed by atoms with Gasteiger partial charge in [0.05, 0.1) is 23.6 Å². The highest BCUT2D eigenvalue weighted by molar-refractivity contribution is 7.99. The zero-order chi connectivity index (χ0) is 22.4. The molecule has 1 amide bonds. The summed E-state index contributed by atoms with van der Waals surface area (Å²) in [5.41, 5.74) is 2.99.